The fourth-order valence-electron chi connectivity index (χ4n) is 7.13. The number of pyridine rings is 1. The highest BCUT2D eigenvalue weighted by Crippen LogP contribution is 2.39. The van der Waals surface area contributed by atoms with Crippen molar-refractivity contribution in [1.82, 2.24) is 19.9 Å². The topological polar surface area (TPSA) is 64.7 Å². The number of fused-ring (bicyclic) bond motifs is 6. The minimum Gasteiger partial charge on any atom is -0.456 e. The van der Waals surface area contributed by atoms with Crippen LogP contribution in [-0.2, 0) is 0 Å². The maximum absolute atomic E-state index is 6.26. The molecule has 3 aromatic heterocycles. The SMILES string of the molecule is c1ccc(-c2nc(-c3cc(-c4ccncc4)cc(-c4cc5ccccc5c5ccccc45)c3)nc(-c3ccc4c(c3)oc3ccccc34)n2)cc1. The molecule has 238 valence electrons. The maximum Gasteiger partial charge on any atom is 0.164 e. The summed E-state index contributed by atoms with van der Waals surface area (Å²) >= 11 is 0. The zero-order valence-electron chi connectivity index (χ0n) is 27.4. The van der Waals surface area contributed by atoms with Gasteiger partial charge < -0.3 is 4.42 Å². The van der Waals surface area contributed by atoms with E-state index < -0.39 is 0 Å². The predicted molar refractivity (Wildman–Crippen MR) is 207 cm³/mol. The molecule has 0 spiro atoms. The molecular weight excluding hydrogens is 625 g/mol. The van der Waals surface area contributed by atoms with E-state index in [9.17, 15) is 0 Å². The third kappa shape index (κ3) is 5.11. The molecule has 0 saturated carbocycles. The second-order valence-corrected chi connectivity index (χ2v) is 12.7. The number of rotatable bonds is 5. The van der Waals surface area contributed by atoms with Gasteiger partial charge in [-0.05, 0) is 98.4 Å². The predicted octanol–water partition coefficient (Wildman–Crippen LogP) is 11.8. The standard InChI is InChI=1S/C46H28N4O/c1-2-10-30(11-3-1)44-48-45(32-18-19-40-39-16-8-9-17-42(39)51-43(40)28-32)50-46(49-44)35-25-33(29-20-22-47-23-21-29)24-34(26-35)41-27-31-12-4-5-13-36(31)37-14-6-7-15-38(37)41/h1-28H. The molecule has 10 rings (SSSR count). The highest BCUT2D eigenvalue weighted by molar-refractivity contribution is 6.14. The number of aromatic nitrogens is 4. The average molecular weight is 653 g/mol. The number of hydrogen-bond acceptors (Lipinski definition) is 5. The van der Waals surface area contributed by atoms with E-state index in [2.05, 4.69) is 96.0 Å². The van der Waals surface area contributed by atoms with Gasteiger partial charge in [-0.2, -0.15) is 0 Å². The van der Waals surface area contributed by atoms with E-state index >= 15 is 0 Å². The van der Waals surface area contributed by atoms with Gasteiger partial charge in [-0.15, -0.1) is 0 Å². The summed E-state index contributed by atoms with van der Waals surface area (Å²) in [5.41, 5.74) is 8.64. The lowest BCUT2D eigenvalue weighted by Crippen LogP contribution is -2.00. The van der Waals surface area contributed by atoms with Crippen molar-refractivity contribution in [3.8, 4) is 56.4 Å². The number of para-hydroxylation sites is 1. The van der Waals surface area contributed by atoms with Gasteiger partial charge >= 0.3 is 0 Å². The molecule has 0 atom stereocenters. The quantitative estimate of drug-likeness (QED) is 0.173. The van der Waals surface area contributed by atoms with Crippen LogP contribution < -0.4 is 0 Å². The fraction of sp³-hybridized carbons (Fsp3) is 0. The monoisotopic (exact) mass is 652 g/mol. The number of hydrogen-bond donors (Lipinski definition) is 0. The van der Waals surface area contributed by atoms with Crippen molar-refractivity contribution in [2.45, 2.75) is 0 Å². The minimum atomic E-state index is 0.577. The molecule has 51 heavy (non-hydrogen) atoms. The third-order valence-electron chi connectivity index (χ3n) is 9.59. The Kier molecular flexibility index (Phi) is 6.74. The first-order valence-electron chi connectivity index (χ1n) is 17.0. The van der Waals surface area contributed by atoms with Crippen molar-refractivity contribution in [3.63, 3.8) is 0 Å². The Labute approximate surface area is 293 Å². The van der Waals surface area contributed by atoms with E-state index in [0.717, 1.165) is 60.9 Å². The van der Waals surface area contributed by atoms with E-state index in [0.29, 0.717) is 17.5 Å². The summed E-state index contributed by atoms with van der Waals surface area (Å²) < 4.78 is 6.26. The van der Waals surface area contributed by atoms with E-state index in [1.807, 2.05) is 79.1 Å². The maximum atomic E-state index is 6.26. The molecule has 0 N–H and O–H groups in total. The van der Waals surface area contributed by atoms with Crippen LogP contribution in [0, 0.1) is 0 Å². The molecule has 0 aliphatic carbocycles. The molecule has 7 aromatic carbocycles. The highest BCUT2D eigenvalue weighted by atomic mass is 16.3. The highest BCUT2D eigenvalue weighted by Gasteiger charge is 2.17. The summed E-state index contributed by atoms with van der Waals surface area (Å²) in [6.45, 7) is 0. The fourth-order valence-corrected chi connectivity index (χ4v) is 7.13. The lowest BCUT2D eigenvalue weighted by Gasteiger charge is -2.15. The van der Waals surface area contributed by atoms with Crippen molar-refractivity contribution in [1.29, 1.82) is 0 Å². The van der Waals surface area contributed by atoms with Gasteiger partial charge in [0.15, 0.2) is 17.5 Å². The minimum absolute atomic E-state index is 0.577. The lowest BCUT2D eigenvalue weighted by molar-refractivity contribution is 0.669. The Hall–Kier alpha value is -6.98. The van der Waals surface area contributed by atoms with Crippen LogP contribution in [0.15, 0.2) is 175 Å². The summed E-state index contributed by atoms with van der Waals surface area (Å²) in [6.07, 6.45) is 3.66. The second-order valence-electron chi connectivity index (χ2n) is 12.7. The van der Waals surface area contributed by atoms with Crippen molar-refractivity contribution in [2.24, 2.45) is 0 Å². The van der Waals surface area contributed by atoms with Gasteiger partial charge in [-0.25, -0.2) is 15.0 Å². The van der Waals surface area contributed by atoms with Crippen molar-refractivity contribution < 1.29 is 4.42 Å². The van der Waals surface area contributed by atoms with Crippen LogP contribution in [0.2, 0.25) is 0 Å². The van der Waals surface area contributed by atoms with Gasteiger partial charge in [-0.3, -0.25) is 4.98 Å². The Bertz CT molecular complexity index is 2920. The van der Waals surface area contributed by atoms with Crippen molar-refractivity contribution >= 4 is 43.5 Å². The summed E-state index contributed by atoms with van der Waals surface area (Å²) in [4.78, 5) is 19.6. The van der Waals surface area contributed by atoms with E-state index in [4.69, 9.17) is 19.4 Å². The molecule has 0 unspecified atom stereocenters. The van der Waals surface area contributed by atoms with Crippen molar-refractivity contribution in [3.05, 3.63) is 170 Å². The Morgan fingerprint density at radius 1 is 0.333 bits per heavy atom. The summed E-state index contributed by atoms with van der Waals surface area (Å²) in [6, 6.07) is 54.6. The molecular formula is C46H28N4O. The van der Waals surface area contributed by atoms with Gasteiger partial charge in [0.25, 0.3) is 0 Å². The van der Waals surface area contributed by atoms with Crippen LogP contribution in [0.4, 0.5) is 0 Å². The number of benzene rings is 7. The van der Waals surface area contributed by atoms with Crippen LogP contribution in [0.3, 0.4) is 0 Å². The van der Waals surface area contributed by atoms with Crippen LogP contribution >= 0.6 is 0 Å². The largest absolute Gasteiger partial charge is 0.456 e. The molecule has 0 aliphatic heterocycles. The van der Waals surface area contributed by atoms with Gasteiger partial charge in [0, 0.05) is 39.9 Å². The van der Waals surface area contributed by atoms with Gasteiger partial charge in [0.2, 0.25) is 0 Å². The molecule has 0 fully saturated rings. The van der Waals surface area contributed by atoms with E-state index in [1.165, 1.54) is 21.5 Å². The van der Waals surface area contributed by atoms with Gasteiger partial charge in [0.1, 0.15) is 11.2 Å². The van der Waals surface area contributed by atoms with Gasteiger partial charge in [-0.1, -0.05) is 103 Å². The van der Waals surface area contributed by atoms with Crippen LogP contribution in [0.25, 0.3) is 99.9 Å². The molecule has 0 radical (unpaired) electrons. The molecule has 0 aliphatic rings. The zero-order valence-corrected chi connectivity index (χ0v) is 27.4. The van der Waals surface area contributed by atoms with Crippen molar-refractivity contribution in [2.75, 3.05) is 0 Å². The smallest absolute Gasteiger partial charge is 0.164 e. The summed E-state index contributed by atoms with van der Waals surface area (Å²) in [5.74, 6) is 1.77. The lowest BCUT2D eigenvalue weighted by atomic mass is 9.90. The molecule has 0 amide bonds. The summed E-state index contributed by atoms with van der Waals surface area (Å²) in [7, 11) is 0. The Morgan fingerprint density at radius 3 is 1.76 bits per heavy atom. The van der Waals surface area contributed by atoms with Crippen LogP contribution in [-0.4, -0.2) is 19.9 Å². The molecule has 0 saturated heterocycles. The Morgan fingerprint density at radius 2 is 0.941 bits per heavy atom. The average Bonchev–Trinajstić information content (AvgIpc) is 3.59. The molecule has 10 aromatic rings. The first-order valence-corrected chi connectivity index (χ1v) is 17.0. The molecule has 5 heteroatoms. The summed E-state index contributed by atoms with van der Waals surface area (Å²) in [5, 5.41) is 6.98. The van der Waals surface area contributed by atoms with E-state index in [1.54, 1.807) is 0 Å². The third-order valence-corrected chi connectivity index (χ3v) is 9.59. The first kappa shape index (κ1) is 29.0. The molecule has 0 bridgehead atoms. The van der Waals surface area contributed by atoms with Crippen LogP contribution in [0.1, 0.15) is 0 Å². The molecule has 3 heterocycles. The zero-order chi connectivity index (χ0) is 33.7. The Balaban J connectivity index is 1.22. The molecule has 5 nitrogen and oxygen atoms in total. The first-order chi connectivity index (χ1) is 25.2. The normalized spacial score (nSPS) is 11.5. The second kappa shape index (κ2) is 11.9. The van der Waals surface area contributed by atoms with E-state index in [-0.39, 0.29) is 0 Å². The number of nitrogens with zero attached hydrogens (tertiary/aromatic N) is 4. The number of furan rings is 1. The van der Waals surface area contributed by atoms with Crippen LogP contribution in [0.5, 0.6) is 0 Å². The van der Waals surface area contributed by atoms with Gasteiger partial charge in [0.05, 0.1) is 0 Å².